The van der Waals surface area contributed by atoms with Crippen molar-refractivity contribution >= 4 is 21.6 Å². The highest BCUT2D eigenvalue weighted by Crippen LogP contribution is 2.25. The molecule has 1 amide bonds. The second kappa shape index (κ2) is 11.2. The minimum absolute atomic E-state index is 0.128. The monoisotopic (exact) mass is 480 g/mol. The van der Waals surface area contributed by atoms with Gasteiger partial charge in [-0.3, -0.25) is 9.10 Å². The van der Waals surface area contributed by atoms with Crippen molar-refractivity contribution in [3.05, 3.63) is 95.6 Å². The molecule has 34 heavy (non-hydrogen) atoms. The van der Waals surface area contributed by atoms with Gasteiger partial charge in [0.25, 0.3) is 5.91 Å². The number of anilines is 1. The fourth-order valence-electron chi connectivity index (χ4n) is 3.75. The van der Waals surface area contributed by atoms with Crippen LogP contribution in [0, 0.1) is 5.92 Å². The second-order valence-electron chi connectivity index (χ2n) is 8.73. The summed E-state index contributed by atoms with van der Waals surface area (Å²) >= 11 is 0. The first-order valence-corrected chi connectivity index (χ1v) is 13.1. The van der Waals surface area contributed by atoms with Crippen LogP contribution in [0.25, 0.3) is 0 Å². The summed E-state index contributed by atoms with van der Waals surface area (Å²) in [5, 5.41) is 3.14. The Labute approximate surface area is 202 Å². The first kappa shape index (κ1) is 25.3. The van der Waals surface area contributed by atoms with E-state index < -0.39 is 10.0 Å². The van der Waals surface area contributed by atoms with E-state index in [1.807, 2.05) is 30.3 Å². The molecule has 0 aliphatic rings. The van der Waals surface area contributed by atoms with Crippen molar-refractivity contribution in [2.24, 2.45) is 5.92 Å². The Balaban J connectivity index is 1.75. The van der Waals surface area contributed by atoms with Crippen molar-refractivity contribution in [2.75, 3.05) is 17.7 Å². The Hall–Kier alpha value is -3.32. The molecule has 1 atom stereocenters. The van der Waals surface area contributed by atoms with Crippen molar-refractivity contribution in [2.45, 2.75) is 32.9 Å². The van der Waals surface area contributed by atoms with E-state index in [1.54, 1.807) is 55.6 Å². The van der Waals surface area contributed by atoms with E-state index in [-0.39, 0.29) is 18.5 Å². The molecule has 0 bridgehead atoms. The minimum Gasteiger partial charge on any atom is -0.497 e. The van der Waals surface area contributed by atoms with Crippen molar-refractivity contribution in [3.63, 3.8) is 0 Å². The van der Waals surface area contributed by atoms with Crippen LogP contribution in [0.3, 0.4) is 0 Å². The number of rotatable bonds is 10. The van der Waals surface area contributed by atoms with E-state index in [0.717, 1.165) is 23.3 Å². The van der Waals surface area contributed by atoms with E-state index in [2.05, 4.69) is 19.2 Å². The van der Waals surface area contributed by atoms with E-state index in [0.29, 0.717) is 17.2 Å². The number of hydrogen-bond acceptors (Lipinski definition) is 4. The molecule has 0 saturated carbocycles. The average Bonchev–Trinajstić information content (AvgIpc) is 2.82. The summed E-state index contributed by atoms with van der Waals surface area (Å²) < 4.78 is 31.3. The smallest absolute Gasteiger partial charge is 0.251 e. The van der Waals surface area contributed by atoms with Gasteiger partial charge in [-0.25, -0.2) is 8.42 Å². The molecule has 1 N–H and O–H groups in total. The maximum atomic E-state index is 13.0. The summed E-state index contributed by atoms with van der Waals surface area (Å²) in [4.78, 5) is 13.0. The number of para-hydroxylation sites is 1. The van der Waals surface area contributed by atoms with E-state index in [1.165, 1.54) is 10.6 Å². The van der Waals surface area contributed by atoms with Crippen molar-refractivity contribution < 1.29 is 17.9 Å². The summed E-state index contributed by atoms with van der Waals surface area (Å²) in [6.45, 7) is 4.43. The van der Waals surface area contributed by atoms with Gasteiger partial charge in [-0.15, -0.1) is 0 Å². The topological polar surface area (TPSA) is 75.7 Å². The van der Waals surface area contributed by atoms with Crippen molar-refractivity contribution in [1.29, 1.82) is 0 Å². The number of carbonyl (C=O) groups is 1. The molecule has 0 heterocycles. The van der Waals surface area contributed by atoms with Gasteiger partial charge in [-0.1, -0.05) is 56.3 Å². The molecular formula is C27H32N2O4S. The lowest BCUT2D eigenvalue weighted by Crippen LogP contribution is -2.30. The second-order valence-corrected chi connectivity index (χ2v) is 10.6. The van der Waals surface area contributed by atoms with Gasteiger partial charge in [0.1, 0.15) is 5.75 Å². The predicted octanol–water partition coefficient (Wildman–Crippen LogP) is 5.18. The Morgan fingerprint density at radius 3 is 2.09 bits per heavy atom. The first-order chi connectivity index (χ1) is 16.2. The molecule has 0 aliphatic heterocycles. The SMILES string of the molecule is COc1ccc([C@H](CC(C)C)NC(=O)c2ccc(CN(c3ccccc3)S(C)(=O)=O)cc2)cc1. The van der Waals surface area contributed by atoms with Crippen LogP contribution < -0.4 is 14.4 Å². The number of hydrogen-bond donors (Lipinski definition) is 1. The van der Waals surface area contributed by atoms with Crippen molar-refractivity contribution in [1.82, 2.24) is 5.32 Å². The summed E-state index contributed by atoms with van der Waals surface area (Å²) in [6, 6.07) is 23.6. The van der Waals surface area contributed by atoms with Crippen LogP contribution in [0.1, 0.15) is 47.8 Å². The number of amides is 1. The Bertz CT molecular complexity index is 1180. The largest absolute Gasteiger partial charge is 0.497 e. The van der Waals surface area contributed by atoms with Gasteiger partial charge in [0, 0.05) is 5.56 Å². The lowest BCUT2D eigenvalue weighted by atomic mass is 9.96. The van der Waals surface area contributed by atoms with Crippen molar-refractivity contribution in [3.8, 4) is 5.75 Å². The Morgan fingerprint density at radius 2 is 1.56 bits per heavy atom. The molecule has 3 aromatic rings. The van der Waals surface area contributed by atoms with Gasteiger partial charge in [0.2, 0.25) is 10.0 Å². The third-order valence-corrected chi connectivity index (χ3v) is 6.66. The van der Waals surface area contributed by atoms with Crippen LogP contribution in [-0.4, -0.2) is 27.7 Å². The van der Waals surface area contributed by atoms with E-state index in [4.69, 9.17) is 4.74 Å². The number of sulfonamides is 1. The molecule has 3 aromatic carbocycles. The molecule has 0 saturated heterocycles. The summed E-state index contributed by atoms with van der Waals surface area (Å²) in [5.74, 6) is 0.999. The number of methoxy groups -OCH3 is 1. The van der Waals surface area contributed by atoms with Gasteiger partial charge >= 0.3 is 0 Å². The van der Waals surface area contributed by atoms with Crippen LogP contribution in [0.2, 0.25) is 0 Å². The Kier molecular flexibility index (Phi) is 8.34. The van der Waals surface area contributed by atoms with Crippen LogP contribution in [0.15, 0.2) is 78.9 Å². The number of benzene rings is 3. The molecule has 3 rings (SSSR count). The molecule has 0 radical (unpaired) electrons. The predicted molar refractivity (Wildman–Crippen MR) is 137 cm³/mol. The van der Waals surface area contributed by atoms with E-state index >= 15 is 0 Å². The molecule has 7 heteroatoms. The lowest BCUT2D eigenvalue weighted by Gasteiger charge is -2.23. The highest BCUT2D eigenvalue weighted by molar-refractivity contribution is 7.92. The number of nitrogens with one attached hydrogen (secondary N) is 1. The van der Waals surface area contributed by atoms with Gasteiger partial charge in [0.05, 0.1) is 31.6 Å². The first-order valence-electron chi connectivity index (χ1n) is 11.2. The average molecular weight is 481 g/mol. The highest BCUT2D eigenvalue weighted by atomic mass is 32.2. The molecule has 0 spiro atoms. The maximum Gasteiger partial charge on any atom is 0.251 e. The molecule has 180 valence electrons. The minimum atomic E-state index is -3.46. The molecule has 0 aromatic heterocycles. The summed E-state index contributed by atoms with van der Waals surface area (Å²) in [5.41, 5.74) is 2.94. The fourth-order valence-corrected chi connectivity index (χ4v) is 4.64. The number of ether oxygens (including phenoxy) is 1. The van der Waals surface area contributed by atoms with E-state index in [9.17, 15) is 13.2 Å². The zero-order valence-electron chi connectivity index (χ0n) is 20.1. The zero-order chi connectivity index (χ0) is 24.7. The molecule has 0 fully saturated rings. The zero-order valence-corrected chi connectivity index (χ0v) is 20.9. The normalized spacial score (nSPS) is 12.3. The van der Waals surface area contributed by atoms with Crippen LogP contribution in [0.5, 0.6) is 5.75 Å². The standard InChI is InChI=1S/C27H32N2O4S/c1-20(2)18-26(22-14-16-25(33-3)17-15-22)28-27(30)23-12-10-21(11-13-23)19-29(34(4,31)32)24-8-6-5-7-9-24/h5-17,20,26H,18-19H2,1-4H3,(H,28,30)/t26-/m0/s1. The third-order valence-electron chi connectivity index (χ3n) is 5.52. The summed E-state index contributed by atoms with van der Waals surface area (Å²) in [6.07, 6.45) is 1.99. The van der Waals surface area contributed by atoms with Crippen LogP contribution >= 0.6 is 0 Å². The maximum absolute atomic E-state index is 13.0. The number of nitrogens with zero attached hydrogens (tertiary/aromatic N) is 1. The van der Waals surface area contributed by atoms with Crippen LogP contribution in [-0.2, 0) is 16.6 Å². The van der Waals surface area contributed by atoms with Gasteiger partial charge in [-0.05, 0) is 59.9 Å². The van der Waals surface area contributed by atoms with Gasteiger partial charge < -0.3 is 10.1 Å². The Morgan fingerprint density at radius 1 is 0.941 bits per heavy atom. The molecule has 0 unspecified atom stereocenters. The van der Waals surface area contributed by atoms with Crippen LogP contribution in [0.4, 0.5) is 5.69 Å². The molecule has 0 aliphatic carbocycles. The summed E-state index contributed by atoms with van der Waals surface area (Å²) in [7, 11) is -1.83. The van der Waals surface area contributed by atoms with Gasteiger partial charge in [0.15, 0.2) is 0 Å². The lowest BCUT2D eigenvalue weighted by molar-refractivity contribution is 0.0932. The number of carbonyl (C=O) groups excluding carboxylic acids is 1. The highest BCUT2D eigenvalue weighted by Gasteiger charge is 2.19. The molecule has 6 nitrogen and oxygen atoms in total. The quantitative estimate of drug-likeness (QED) is 0.434. The van der Waals surface area contributed by atoms with Gasteiger partial charge in [-0.2, -0.15) is 0 Å². The third kappa shape index (κ3) is 6.84. The molecular weight excluding hydrogens is 448 g/mol. The fraction of sp³-hybridized carbons (Fsp3) is 0.296.